The summed E-state index contributed by atoms with van der Waals surface area (Å²) in [6.45, 7) is 0.296. The predicted octanol–water partition coefficient (Wildman–Crippen LogP) is 1.09. The fraction of sp³-hybridized carbons (Fsp3) is 0.143. The molecule has 2 aromatic heterocycles. The van der Waals surface area contributed by atoms with Crippen LogP contribution in [0.25, 0.3) is 0 Å². The zero-order valence-corrected chi connectivity index (χ0v) is 12.4. The van der Waals surface area contributed by atoms with Gasteiger partial charge in [-0.3, -0.25) is 4.98 Å². The molecule has 0 amide bonds. The van der Waals surface area contributed by atoms with E-state index < -0.39 is 9.84 Å². The van der Waals surface area contributed by atoms with Gasteiger partial charge in [0.2, 0.25) is 9.84 Å². The van der Waals surface area contributed by atoms with E-state index in [0.29, 0.717) is 12.2 Å². The zero-order chi connectivity index (χ0) is 15.4. The van der Waals surface area contributed by atoms with Crippen LogP contribution >= 0.6 is 0 Å². The largest absolute Gasteiger partial charge is 0.268 e. The SMILES string of the molecule is O=S(=O)(Cc1ccccn1)c1nnnn1Cc1ccccc1. The molecule has 0 aliphatic rings. The summed E-state index contributed by atoms with van der Waals surface area (Å²) in [6, 6.07) is 14.5. The fourth-order valence-electron chi connectivity index (χ4n) is 2.02. The summed E-state index contributed by atoms with van der Waals surface area (Å²) in [6.07, 6.45) is 1.55. The number of hydrogen-bond acceptors (Lipinski definition) is 6. The van der Waals surface area contributed by atoms with E-state index in [9.17, 15) is 8.42 Å². The number of aromatic nitrogens is 5. The predicted molar refractivity (Wildman–Crippen MR) is 78.5 cm³/mol. The second kappa shape index (κ2) is 6.02. The Labute approximate surface area is 127 Å². The molecule has 3 rings (SSSR count). The van der Waals surface area contributed by atoms with Crippen molar-refractivity contribution in [2.24, 2.45) is 0 Å². The summed E-state index contributed by atoms with van der Waals surface area (Å²) in [5.74, 6) is -0.233. The van der Waals surface area contributed by atoms with Crippen LogP contribution in [0.2, 0.25) is 0 Å². The van der Waals surface area contributed by atoms with Gasteiger partial charge in [0.25, 0.3) is 5.16 Å². The summed E-state index contributed by atoms with van der Waals surface area (Å²) >= 11 is 0. The minimum Gasteiger partial charge on any atom is -0.260 e. The molecule has 2 heterocycles. The van der Waals surface area contributed by atoms with Gasteiger partial charge in [-0.1, -0.05) is 41.5 Å². The summed E-state index contributed by atoms with van der Waals surface area (Å²) in [4.78, 5) is 4.03. The minimum absolute atomic E-state index is 0.151. The van der Waals surface area contributed by atoms with E-state index in [0.717, 1.165) is 5.56 Å². The van der Waals surface area contributed by atoms with Crippen molar-refractivity contribution in [3.8, 4) is 0 Å². The van der Waals surface area contributed by atoms with E-state index in [1.54, 1.807) is 24.4 Å². The molecule has 7 nitrogen and oxygen atoms in total. The molecule has 0 radical (unpaired) electrons. The summed E-state index contributed by atoms with van der Waals surface area (Å²) in [5, 5.41) is 10.8. The average molecular weight is 315 g/mol. The zero-order valence-electron chi connectivity index (χ0n) is 11.6. The number of hydrogen-bond donors (Lipinski definition) is 0. The normalized spacial score (nSPS) is 11.5. The Morgan fingerprint density at radius 3 is 2.50 bits per heavy atom. The highest BCUT2D eigenvalue weighted by molar-refractivity contribution is 7.90. The first-order valence-corrected chi connectivity index (χ1v) is 8.23. The van der Waals surface area contributed by atoms with E-state index >= 15 is 0 Å². The molecule has 0 aliphatic carbocycles. The second-order valence-corrected chi connectivity index (χ2v) is 6.57. The lowest BCUT2D eigenvalue weighted by molar-refractivity contribution is 0.550. The first kappa shape index (κ1) is 14.3. The van der Waals surface area contributed by atoms with Gasteiger partial charge < -0.3 is 0 Å². The van der Waals surface area contributed by atoms with Crippen LogP contribution in [0.4, 0.5) is 0 Å². The Kier molecular flexibility index (Phi) is 3.92. The monoisotopic (exact) mass is 315 g/mol. The standard InChI is InChI=1S/C14H13N5O2S/c20-22(21,11-13-8-4-5-9-15-13)14-16-17-18-19(14)10-12-6-2-1-3-7-12/h1-9H,10-11H2. The Morgan fingerprint density at radius 1 is 1.00 bits per heavy atom. The quantitative estimate of drug-likeness (QED) is 0.700. The van der Waals surface area contributed by atoms with Gasteiger partial charge in [0.05, 0.1) is 12.2 Å². The topological polar surface area (TPSA) is 90.6 Å². The van der Waals surface area contributed by atoms with Crippen LogP contribution < -0.4 is 0 Å². The highest BCUT2D eigenvalue weighted by Gasteiger charge is 2.24. The van der Waals surface area contributed by atoms with Crippen molar-refractivity contribution in [3.05, 3.63) is 66.0 Å². The van der Waals surface area contributed by atoms with Crippen LogP contribution in [0.15, 0.2) is 59.9 Å². The van der Waals surface area contributed by atoms with Crippen molar-refractivity contribution in [2.75, 3.05) is 0 Å². The smallest absolute Gasteiger partial charge is 0.260 e. The number of nitrogens with zero attached hydrogens (tertiary/aromatic N) is 5. The molecule has 112 valence electrons. The molecule has 0 aliphatic heterocycles. The van der Waals surface area contributed by atoms with Crippen molar-refractivity contribution >= 4 is 9.84 Å². The molecule has 22 heavy (non-hydrogen) atoms. The molecular weight excluding hydrogens is 302 g/mol. The van der Waals surface area contributed by atoms with Gasteiger partial charge in [-0.2, -0.15) is 0 Å². The lowest BCUT2D eigenvalue weighted by Gasteiger charge is -2.05. The number of sulfone groups is 1. The second-order valence-electron chi connectivity index (χ2n) is 4.68. The molecule has 3 aromatic rings. The van der Waals surface area contributed by atoms with Crippen molar-refractivity contribution in [3.63, 3.8) is 0 Å². The van der Waals surface area contributed by atoms with Crippen LogP contribution in [0.1, 0.15) is 11.3 Å². The fourth-order valence-corrected chi connectivity index (χ4v) is 3.29. The van der Waals surface area contributed by atoms with Crippen molar-refractivity contribution < 1.29 is 8.42 Å². The Bertz CT molecular complexity index is 847. The number of benzene rings is 1. The van der Waals surface area contributed by atoms with Crippen molar-refractivity contribution in [2.45, 2.75) is 17.5 Å². The third kappa shape index (κ3) is 3.17. The Hall–Kier alpha value is -2.61. The maximum atomic E-state index is 12.5. The summed E-state index contributed by atoms with van der Waals surface area (Å²) in [5.41, 5.74) is 1.38. The first-order chi connectivity index (χ1) is 10.6. The Morgan fingerprint density at radius 2 is 1.77 bits per heavy atom. The molecule has 0 fully saturated rings. The average Bonchev–Trinajstić information content (AvgIpc) is 2.98. The lowest BCUT2D eigenvalue weighted by atomic mass is 10.2. The van der Waals surface area contributed by atoms with E-state index in [2.05, 4.69) is 20.5 Å². The molecule has 0 saturated carbocycles. The molecule has 0 unspecified atom stereocenters. The van der Waals surface area contributed by atoms with Crippen molar-refractivity contribution in [1.29, 1.82) is 0 Å². The third-order valence-electron chi connectivity index (χ3n) is 3.02. The van der Waals surface area contributed by atoms with Crippen molar-refractivity contribution in [1.82, 2.24) is 25.2 Å². The van der Waals surface area contributed by atoms with Crippen LogP contribution in [-0.2, 0) is 22.1 Å². The lowest BCUT2D eigenvalue weighted by Crippen LogP contribution is -2.15. The van der Waals surface area contributed by atoms with E-state index in [1.807, 2.05) is 30.3 Å². The van der Waals surface area contributed by atoms with Gasteiger partial charge in [0, 0.05) is 6.20 Å². The molecule has 0 N–H and O–H groups in total. The van der Waals surface area contributed by atoms with Gasteiger partial charge in [0.15, 0.2) is 0 Å². The summed E-state index contributed by atoms with van der Waals surface area (Å²) < 4.78 is 26.2. The van der Waals surface area contributed by atoms with Gasteiger partial charge in [-0.05, 0) is 28.1 Å². The molecule has 0 atom stereocenters. The molecule has 0 saturated heterocycles. The van der Waals surface area contributed by atoms with Crippen LogP contribution in [0.5, 0.6) is 0 Å². The summed E-state index contributed by atoms with van der Waals surface area (Å²) in [7, 11) is -3.66. The van der Waals surface area contributed by atoms with Gasteiger partial charge in [-0.15, -0.1) is 0 Å². The van der Waals surface area contributed by atoms with Gasteiger partial charge in [0.1, 0.15) is 5.75 Å². The van der Waals surface area contributed by atoms with E-state index in [4.69, 9.17) is 0 Å². The van der Waals surface area contributed by atoms with Crippen LogP contribution in [0.3, 0.4) is 0 Å². The molecular formula is C14H13N5O2S. The highest BCUT2D eigenvalue weighted by Crippen LogP contribution is 2.13. The number of tetrazole rings is 1. The van der Waals surface area contributed by atoms with E-state index in [1.165, 1.54) is 4.68 Å². The first-order valence-electron chi connectivity index (χ1n) is 6.58. The molecule has 8 heteroatoms. The molecule has 0 spiro atoms. The number of rotatable bonds is 5. The molecule has 1 aromatic carbocycles. The molecule has 0 bridgehead atoms. The highest BCUT2D eigenvalue weighted by atomic mass is 32.2. The Balaban J connectivity index is 1.87. The van der Waals surface area contributed by atoms with Gasteiger partial charge >= 0.3 is 0 Å². The van der Waals surface area contributed by atoms with Gasteiger partial charge in [-0.25, -0.2) is 13.1 Å². The van der Waals surface area contributed by atoms with Crippen LogP contribution in [0, 0.1) is 0 Å². The minimum atomic E-state index is -3.66. The third-order valence-corrected chi connectivity index (χ3v) is 4.54. The van der Waals surface area contributed by atoms with E-state index in [-0.39, 0.29) is 10.9 Å². The number of pyridine rings is 1. The maximum Gasteiger partial charge on any atom is 0.268 e. The van der Waals surface area contributed by atoms with Crippen LogP contribution in [-0.4, -0.2) is 33.6 Å². The maximum absolute atomic E-state index is 12.5.